The number of aryl methyl sites for hydroxylation is 1. The van der Waals surface area contributed by atoms with Crippen molar-refractivity contribution in [2.24, 2.45) is 0 Å². The van der Waals surface area contributed by atoms with Gasteiger partial charge in [-0.3, -0.25) is 4.90 Å². The van der Waals surface area contributed by atoms with Crippen LogP contribution in [-0.4, -0.2) is 43.6 Å². The van der Waals surface area contributed by atoms with E-state index in [-0.39, 0.29) is 6.03 Å². The van der Waals surface area contributed by atoms with E-state index in [9.17, 15) is 9.59 Å². The van der Waals surface area contributed by atoms with E-state index in [1.54, 1.807) is 0 Å². The number of rotatable bonds is 8. The van der Waals surface area contributed by atoms with Crippen LogP contribution < -0.4 is 10.6 Å². The number of nitrogens with one attached hydrogen (secondary N) is 2. The number of amides is 2. The maximum Gasteiger partial charge on any atom is 0.338 e. The lowest BCUT2D eigenvalue weighted by atomic mass is 9.94. The standard InChI is InChI=1S/C20H29N3O3/c1-5-7-12-23(6-2)13-16-17(19(24)26-4)18(22-20(25)21-16)15-10-8-14(3)9-11-15/h8-11,18H,5-7,12-13H2,1-4H3,(H2,21,22,25)/t18-/m0/s1. The Bertz CT molecular complexity index is 667. The summed E-state index contributed by atoms with van der Waals surface area (Å²) in [5.74, 6) is -0.426. The summed E-state index contributed by atoms with van der Waals surface area (Å²) in [5.41, 5.74) is 3.06. The molecule has 0 spiro atoms. The summed E-state index contributed by atoms with van der Waals surface area (Å²) in [5, 5.41) is 5.68. The molecule has 1 aliphatic heterocycles. The van der Waals surface area contributed by atoms with Gasteiger partial charge in [0.05, 0.1) is 18.7 Å². The Morgan fingerprint density at radius 3 is 2.50 bits per heavy atom. The number of likely N-dealkylation sites (N-methyl/N-ethyl adjacent to an activating group) is 1. The molecule has 0 saturated heterocycles. The molecule has 6 heteroatoms. The van der Waals surface area contributed by atoms with E-state index in [0.717, 1.165) is 37.1 Å². The molecule has 0 bridgehead atoms. The summed E-state index contributed by atoms with van der Waals surface area (Å²) >= 11 is 0. The molecule has 2 rings (SSSR count). The van der Waals surface area contributed by atoms with Crippen LogP contribution in [0.3, 0.4) is 0 Å². The van der Waals surface area contributed by atoms with E-state index >= 15 is 0 Å². The van der Waals surface area contributed by atoms with Crippen LogP contribution in [0.25, 0.3) is 0 Å². The van der Waals surface area contributed by atoms with E-state index in [4.69, 9.17) is 4.74 Å². The normalized spacial score (nSPS) is 17.1. The SMILES string of the molecule is CCCCN(CC)CC1=C(C(=O)OC)[C@H](c2ccc(C)cc2)NC(=O)N1. The van der Waals surface area contributed by atoms with Crippen LogP contribution in [0.5, 0.6) is 0 Å². The maximum atomic E-state index is 12.5. The van der Waals surface area contributed by atoms with Crippen molar-refractivity contribution in [3.63, 3.8) is 0 Å². The minimum Gasteiger partial charge on any atom is -0.466 e. The minimum absolute atomic E-state index is 0.301. The van der Waals surface area contributed by atoms with Gasteiger partial charge in [0, 0.05) is 12.2 Å². The van der Waals surface area contributed by atoms with E-state index in [2.05, 4.69) is 29.4 Å². The first kappa shape index (κ1) is 20.0. The van der Waals surface area contributed by atoms with E-state index in [1.165, 1.54) is 7.11 Å². The van der Waals surface area contributed by atoms with Gasteiger partial charge in [-0.2, -0.15) is 0 Å². The first-order valence-corrected chi connectivity index (χ1v) is 9.17. The van der Waals surface area contributed by atoms with Gasteiger partial charge in [0.25, 0.3) is 0 Å². The largest absolute Gasteiger partial charge is 0.466 e. The first-order valence-electron chi connectivity index (χ1n) is 9.17. The van der Waals surface area contributed by atoms with Crippen LogP contribution in [0, 0.1) is 6.92 Å². The molecule has 1 heterocycles. The second-order valence-corrected chi connectivity index (χ2v) is 6.55. The lowest BCUT2D eigenvalue weighted by Crippen LogP contribution is -2.48. The summed E-state index contributed by atoms with van der Waals surface area (Å²) in [4.78, 5) is 27.0. The Labute approximate surface area is 155 Å². The second kappa shape index (κ2) is 9.38. The fourth-order valence-corrected chi connectivity index (χ4v) is 3.06. The highest BCUT2D eigenvalue weighted by atomic mass is 16.5. The van der Waals surface area contributed by atoms with Crippen molar-refractivity contribution in [3.8, 4) is 0 Å². The summed E-state index contributed by atoms with van der Waals surface area (Å²) in [7, 11) is 1.37. The fourth-order valence-electron chi connectivity index (χ4n) is 3.06. The molecule has 0 saturated carbocycles. The van der Waals surface area contributed by atoms with Gasteiger partial charge < -0.3 is 15.4 Å². The summed E-state index contributed by atoms with van der Waals surface area (Å²) in [6.07, 6.45) is 2.17. The lowest BCUT2D eigenvalue weighted by molar-refractivity contribution is -0.136. The van der Waals surface area contributed by atoms with Gasteiger partial charge in [-0.05, 0) is 32.0 Å². The Morgan fingerprint density at radius 1 is 1.23 bits per heavy atom. The van der Waals surface area contributed by atoms with Crippen molar-refractivity contribution >= 4 is 12.0 Å². The fraction of sp³-hybridized carbons (Fsp3) is 0.500. The van der Waals surface area contributed by atoms with Gasteiger partial charge in [0.2, 0.25) is 0 Å². The number of hydrogen-bond donors (Lipinski definition) is 2. The number of urea groups is 1. The highest BCUT2D eigenvalue weighted by Crippen LogP contribution is 2.28. The van der Waals surface area contributed by atoms with Crippen molar-refractivity contribution in [3.05, 3.63) is 46.7 Å². The predicted octanol–water partition coefficient (Wildman–Crippen LogP) is 2.90. The zero-order chi connectivity index (χ0) is 19.1. The van der Waals surface area contributed by atoms with Crippen LogP contribution in [0.15, 0.2) is 35.5 Å². The zero-order valence-electron chi connectivity index (χ0n) is 16.1. The van der Waals surface area contributed by atoms with Crippen molar-refractivity contribution in [2.75, 3.05) is 26.7 Å². The van der Waals surface area contributed by atoms with E-state index in [1.807, 2.05) is 31.2 Å². The molecule has 2 amide bonds. The van der Waals surface area contributed by atoms with Gasteiger partial charge in [0.15, 0.2) is 0 Å². The van der Waals surface area contributed by atoms with Crippen molar-refractivity contribution in [1.29, 1.82) is 0 Å². The Hall–Kier alpha value is -2.34. The molecule has 0 radical (unpaired) electrons. The third-order valence-electron chi connectivity index (χ3n) is 4.63. The lowest BCUT2D eigenvalue weighted by Gasteiger charge is -2.31. The summed E-state index contributed by atoms with van der Waals surface area (Å²) in [6.45, 7) is 8.50. The molecule has 0 aromatic heterocycles. The number of ether oxygens (including phenoxy) is 1. The Morgan fingerprint density at radius 2 is 1.92 bits per heavy atom. The maximum absolute atomic E-state index is 12.5. The molecule has 142 valence electrons. The molecule has 0 unspecified atom stereocenters. The van der Waals surface area contributed by atoms with Gasteiger partial charge >= 0.3 is 12.0 Å². The zero-order valence-corrected chi connectivity index (χ0v) is 16.1. The number of carbonyl (C=O) groups is 2. The van der Waals surface area contributed by atoms with Crippen molar-refractivity contribution < 1.29 is 14.3 Å². The molecule has 1 aromatic carbocycles. The van der Waals surface area contributed by atoms with Crippen LogP contribution in [0.2, 0.25) is 0 Å². The topological polar surface area (TPSA) is 70.7 Å². The summed E-state index contributed by atoms with van der Waals surface area (Å²) in [6, 6.07) is 6.98. The quantitative estimate of drug-likeness (QED) is 0.700. The number of methoxy groups -OCH3 is 1. The molecule has 6 nitrogen and oxygen atoms in total. The van der Waals surface area contributed by atoms with Crippen LogP contribution in [-0.2, 0) is 9.53 Å². The average Bonchev–Trinajstić information content (AvgIpc) is 2.64. The highest BCUT2D eigenvalue weighted by Gasteiger charge is 2.33. The molecule has 1 aliphatic rings. The minimum atomic E-state index is -0.517. The molecule has 2 N–H and O–H groups in total. The van der Waals surface area contributed by atoms with Gasteiger partial charge in [-0.25, -0.2) is 9.59 Å². The number of esters is 1. The molecule has 1 atom stereocenters. The number of nitrogens with zero attached hydrogens (tertiary/aromatic N) is 1. The molecule has 0 aliphatic carbocycles. The predicted molar refractivity (Wildman–Crippen MR) is 102 cm³/mol. The smallest absolute Gasteiger partial charge is 0.338 e. The molecule has 0 fully saturated rings. The number of carbonyl (C=O) groups excluding carboxylic acids is 2. The van der Waals surface area contributed by atoms with Gasteiger partial charge in [-0.15, -0.1) is 0 Å². The molecular formula is C20H29N3O3. The highest BCUT2D eigenvalue weighted by molar-refractivity contribution is 5.95. The van der Waals surface area contributed by atoms with Crippen LogP contribution in [0.4, 0.5) is 4.79 Å². The van der Waals surface area contributed by atoms with Crippen LogP contribution in [0.1, 0.15) is 43.9 Å². The molecule has 26 heavy (non-hydrogen) atoms. The van der Waals surface area contributed by atoms with E-state index < -0.39 is 12.0 Å². The van der Waals surface area contributed by atoms with Gasteiger partial charge in [0.1, 0.15) is 0 Å². The summed E-state index contributed by atoms with van der Waals surface area (Å²) < 4.78 is 5.02. The number of benzene rings is 1. The number of unbranched alkanes of at least 4 members (excludes halogenated alkanes) is 1. The second-order valence-electron chi connectivity index (χ2n) is 6.55. The Balaban J connectivity index is 2.41. The van der Waals surface area contributed by atoms with Crippen molar-refractivity contribution in [1.82, 2.24) is 15.5 Å². The number of hydrogen-bond acceptors (Lipinski definition) is 4. The Kier molecular flexibility index (Phi) is 7.21. The monoisotopic (exact) mass is 359 g/mol. The van der Waals surface area contributed by atoms with E-state index in [0.29, 0.717) is 17.8 Å². The average molecular weight is 359 g/mol. The van der Waals surface area contributed by atoms with Gasteiger partial charge in [-0.1, -0.05) is 50.1 Å². The third kappa shape index (κ3) is 4.85. The van der Waals surface area contributed by atoms with Crippen LogP contribution >= 0.6 is 0 Å². The third-order valence-corrected chi connectivity index (χ3v) is 4.63. The first-order chi connectivity index (χ1) is 12.5. The van der Waals surface area contributed by atoms with Crippen molar-refractivity contribution in [2.45, 2.75) is 39.7 Å². The molecular weight excluding hydrogens is 330 g/mol. The molecule has 1 aromatic rings.